The molecule has 30 heavy (non-hydrogen) atoms. The van der Waals surface area contributed by atoms with Crippen molar-refractivity contribution in [1.82, 2.24) is 29.6 Å². The summed E-state index contributed by atoms with van der Waals surface area (Å²) in [5, 5.41) is 4.57. The largest absolute Gasteiger partial charge is 0.347 e. The van der Waals surface area contributed by atoms with Crippen LogP contribution in [-0.2, 0) is 11.3 Å². The van der Waals surface area contributed by atoms with Gasteiger partial charge in [-0.15, -0.1) is 0 Å². The van der Waals surface area contributed by atoms with E-state index in [1.165, 1.54) is 0 Å². The van der Waals surface area contributed by atoms with Crippen molar-refractivity contribution in [2.45, 2.75) is 25.3 Å². The van der Waals surface area contributed by atoms with E-state index >= 15 is 0 Å². The second kappa shape index (κ2) is 8.79. The number of halogens is 1. The summed E-state index contributed by atoms with van der Waals surface area (Å²) in [4.78, 5) is 30.1. The van der Waals surface area contributed by atoms with Crippen molar-refractivity contribution in [3.05, 3.63) is 53.8 Å². The lowest BCUT2D eigenvalue weighted by Crippen LogP contribution is -2.41. The Morgan fingerprint density at radius 2 is 2.17 bits per heavy atom. The number of pyridine rings is 1. The van der Waals surface area contributed by atoms with E-state index in [1.54, 1.807) is 23.3 Å². The van der Waals surface area contributed by atoms with Gasteiger partial charge >= 0.3 is 0 Å². The van der Waals surface area contributed by atoms with Crippen molar-refractivity contribution < 1.29 is 4.79 Å². The van der Waals surface area contributed by atoms with Crippen LogP contribution >= 0.6 is 11.6 Å². The molecule has 3 aromatic rings. The SMILES string of the molecule is CN(C)c1ncc(-c2ccnc(Cl)c2)c(C2CCCN(C(=O)Cn3cccn3)C2)n1. The van der Waals surface area contributed by atoms with E-state index in [-0.39, 0.29) is 18.4 Å². The Morgan fingerprint density at radius 1 is 1.30 bits per heavy atom. The van der Waals surface area contributed by atoms with Crippen LogP contribution in [0.25, 0.3) is 11.1 Å². The Kier molecular flexibility index (Phi) is 5.94. The first-order valence-corrected chi connectivity index (χ1v) is 10.3. The number of piperidine rings is 1. The molecule has 156 valence electrons. The van der Waals surface area contributed by atoms with Crippen molar-refractivity contribution in [2.24, 2.45) is 0 Å². The van der Waals surface area contributed by atoms with Crippen LogP contribution in [0.15, 0.2) is 43.0 Å². The Bertz CT molecular complexity index is 1020. The first-order valence-electron chi connectivity index (χ1n) is 9.92. The second-order valence-corrected chi connectivity index (χ2v) is 8.00. The molecular formula is C21H24ClN7O. The van der Waals surface area contributed by atoms with Crippen LogP contribution in [0, 0.1) is 0 Å². The normalized spacial score (nSPS) is 16.5. The quantitative estimate of drug-likeness (QED) is 0.585. The number of hydrogen-bond acceptors (Lipinski definition) is 6. The molecule has 0 radical (unpaired) electrons. The first-order chi connectivity index (χ1) is 14.5. The minimum atomic E-state index is 0.0683. The number of nitrogens with zero attached hydrogens (tertiary/aromatic N) is 7. The third kappa shape index (κ3) is 4.43. The highest BCUT2D eigenvalue weighted by Crippen LogP contribution is 2.34. The fourth-order valence-corrected chi connectivity index (χ4v) is 3.94. The molecule has 1 atom stereocenters. The van der Waals surface area contributed by atoms with Gasteiger partial charge < -0.3 is 9.80 Å². The lowest BCUT2D eigenvalue weighted by atomic mass is 9.90. The van der Waals surface area contributed by atoms with Gasteiger partial charge in [-0.05, 0) is 36.6 Å². The van der Waals surface area contributed by atoms with E-state index in [9.17, 15) is 4.79 Å². The Hall–Kier alpha value is -3.00. The minimum Gasteiger partial charge on any atom is -0.347 e. The lowest BCUT2D eigenvalue weighted by Gasteiger charge is -2.33. The summed E-state index contributed by atoms with van der Waals surface area (Å²) in [5.74, 6) is 0.830. The highest BCUT2D eigenvalue weighted by molar-refractivity contribution is 6.29. The Morgan fingerprint density at radius 3 is 2.90 bits per heavy atom. The number of amides is 1. The van der Waals surface area contributed by atoms with Gasteiger partial charge in [0.15, 0.2) is 0 Å². The molecule has 0 N–H and O–H groups in total. The number of rotatable bonds is 5. The summed E-state index contributed by atoms with van der Waals surface area (Å²) >= 11 is 6.13. The van der Waals surface area contributed by atoms with Gasteiger partial charge in [-0.3, -0.25) is 9.48 Å². The summed E-state index contributed by atoms with van der Waals surface area (Å²) in [7, 11) is 3.84. The summed E-state index contributed by atoms with van der Waals surface area (Å²) in [6.45, 7) is 1.62. The van der Waals surface area contributed by atoms with E-state index in [0.717, 1.165) is 36.2 Å². The van der Waals surface area contributed by atoms with E-state index < -0.39 is 0 Å². The summed E-state index contributed by atoms with van der Waals surface area (Å²) in [6.07, 6.45) is 8.89. The molecule has 1 fully saturated rings. The zero-order chi connectivity index (χ0) is 21.1. The molecule has 9 heteroatoms. The molecule has 0 aromatic carbocycles. The maximum atomic E-state index is 12.8. The van der Waals surface area contributed by atoms with Gasteiger partial charge in [0.05, 0.1) is 5.69 Å². The van der Waals surface area contributed by atoms with Crippen LogP contribution in [0.1, 0.15) is 24.5 Å². The monoisotopic (exact) mass is 425 g/mol. The molecule has 4 heterocycles. The van der Waals surface area contributed by atoms with Gasteiger partial charge in [-0.25, -0.2) is 15.0 Å². The molecule has 1 saturated heterocycles. The van der Waals surface area contributed by atoms with E-state index in [1.807, 2.05) is 48.3 Å². The van der Waals surface area contributed by atoms with Crippen molar-refractivity contribution in [1.29, 1.82) is 0 Å². The molecule has 1 aliphatic heterocycles. The molecule has 0 aliphatic carbocycles. The van der Waals surface area contributed by atoms with Gasteiger partial charge in [0.2, 0.25) is 11.9 Å². The maximum Gasteiger partial charge on any atom is 0.244 e. The van der Waals surface area contributed by atoms with Crippen molar-refractivity contribution >= 4 is 23.5 Å². The van der Waals surface area contributed by atoms with Gasteiger partial charge in [0.1, 0.15) is 11.7 Å². The van der Waals surface area contributed by atoms with Crippen LogP contribution in [0.4, 0.5) is 5.95 Å². The Balaban J connectivity index is 1.64. The van der Waals surface area contributed by atoms with Gasteiger partial charge in [0, 0.05) is 63.5 Å². The zero-order valence-corrected chi connectivity index (χ0v) is 17.8. The highest BCUT2D eigenvalue weighted by Gasteiger charge is 2.28. The molecular weight excluding hydrogens is 402 g/mol. The molecule has 0 saturated carbocycles. The third-order valence-corrected chi connectivity index (χ3v) is 5.47. The number of carbonyl (C=O) groups is 1. The third-order valence-electron chi connectivity index (χ3n) is 5.26. The van der Waals surface area contributed by atoms with Gasteiger partial charge in [-0.2, -0.15) is 5.10 Å². The second-order valence-electron chi connectivity index (χ2n) is 7.61. The molecule has 8 nitrogen and oxygen atoms in total. The number of carbonyl (C=O) groups excluding carboxylic acids is 1. The highest BCUT2D eigenvalue weighted by atomic mass is 35.5. The van der Waals surface area contributed by atoms with Crippen LogP contribution in [0.3, 0.4) is 0 Å². The van der Waals surface area contributed by atoms with Crippen molar-refractivity contribution in [2.75, 3.05) is 32.1 Å². The smallest absolute Gasteiger partial charge is 0.244 e. The number of hydrogen-bond donors (Lipinski definition) is 0. The average molecular weight is 426 g/mol. The molecule has 1 aliphatic rings. The van der Waals surface area contributed by atoms with Gasteiger partial charge in [0.25, 0.3) is 0 Å². The predicted molar refractivity (Wildman–Crippen MR) is 115 cm³/mol. The van der Waals surface area contributed by atoms with E-state index in [2.05, 4.69) is 15.1 Å². The number of likely N-dealkylation sites (tertiary alicyclic amines) is 1. The number of anilines is 1. The fourth-order valence-electron chi connectivity index (χ4n) is 3.76. The fraction of sp³-hybridized carbons (Fsp3) is 0.381. The molecule has 0 bridgehead atoms. The first kappa shape index (κ1) is 20.3. The topological polar surface area (TPSA) is 80.0 Å². The van der Waals surface area contributed by atoms with Crippen LogP contribution in [-0.4, -0.2) is 62.7 Å². The minimum absolute atomic E-state index is 0.0683. The van der Waals surface area contributed by atoms with E-state index in [0.29, 0.717) is 17.6 Å². The standard InChI is InChI=1S/C21H24ClN7O/c1-27(2)21-24-12-17(15-6-8-23-18(22)11-15)20(26-21)16-5-3-9-28(13-16)19(30)14-29-10-4-7-25-29/h4,6-8,10-12,16H,3,5,9,13-14H2,1-2H3. The van der Waals surface area contributed by atoms with Crippen LogP contribution in [0.5, 0.6) is 0 Å². The average Bonchev–Trinajstić information content (AvgIpc) is 3.26. The van der Waals surface area contributed by atoms with E-state index in [4.69, 9.17) is 16.6 Å². The molecule has 3 aromatic heterocycles. The maximum absolute atomic E-state index is 12.8. The van der Waals surface area contributed by atoms with Gasteiger partial charge in [-0.1, -0.05) is 11.6 Å². The molecule has 4 rings (SSSR count). The molecule has 1 amide bonds. The van der Waals surface area contributed by atoms with Crippen molar-refractivity contribution in [3.8, 4) is 11.1 Å². The molecule has 0 spiro atoms. The van der Waals surface area contributed by atoms with Crippen molar-refractivity contribution in [3.63, 3.8) is 0 Å². The lowest BCUT2D eigenvalue weighted by molar-refractivity contribution is -0.133. The molecule has 1 unspecified atom stereocenters. The predicted octanol–water partition coefficient (Wildman–Crippen LogP) is 2.86. The summed E-state index contributed by atoms with van der Waals surface area (Å²) in [5.41, 5.74) is 2.79. The summed E-state index contributed by atoms with van der Waals surface area (Å²) in [6, 6.07) is 5.55. The Labute approximate surface area is 180 Å². The van der Waals surface area contributed by atoms with Crippen LogP contribution < -0.4 is 4.90 Å². The zero-order valence-electron chi connectivity index (χ0n) is 17.1. The number of aromatic nitrogens is 5. The van der Waals surface area contributed by atoms with Crippen LogP contribution in [0.2, 0.25) is 5.15 Å². The summed E-state index contributed by atoms with van der Waals surface area (Å²) < 4.78 is 1.66.